The van der Waals surface area contributed by atoms with Gasteiger partial charge >= 0.3 is 29.8 Å². The lowest BCUT2D eigenvalue weighted by molar-refractivity contribution is 0.0247. The molecule has 0 radical (unpaired) electrons. The summed E-state index contributed by atoms with van der Waals surface area (Å²) in [5, 5.41) is 38.5. The van der Waals surface area contributed by atoms with Crippen LogP contribution in [0.5, 0.6) is 23.0 Å². The van der Waals surface area contributed by atoms with E-state index < -0.39 is 57.7 Å². The third-order valence-electron chi connectivity index (χ3n) is 8.32. The van der Waals surface area contributed by atoms with Crippen LogP contribution in [0, 0.1) is 13.8 Å². The Morgan fingerprint density at radius 2 is 1.02 bits per heavy atom. The van der Waals surface area contributed by atoms with Crippen LogP contribution in [0.15, 0.2) is 97.1 Å². The Morgan fingerprint density at radius 3 is 1.44 bits per heavy atom. The normalized spacial score (nSPS) is 12.8. The van der Waals surface area contributed by atoms with E-state index in [-0.39, 0.29) is 23.0 Å². The minimum atomic E-state index is -1.48. The van der Waals surface area contributed by atoms with Crippen LogP contribution in [0.25, 0.3) is 0 Å². The molecule has 1 aliphatic rings. The summed E-state index contributed by atoms with van der Waals surface area (Å²) < 4.78 is 18.0. The van der Waals surface area contributed by atoms with Crippen molar-refractivity contribution in [3.63, 3.8) is 0 Å². The number of rotatable bonds is 10. The second-order valence-corrected chi connectivity index (χ2v) is 11.4. The number of hydrogen-bond donors (Lipinski definition) is 4. The maximum absolute atomic E-state index is 13.4. The lowest BCUT2D eigenvalue weighted by Crippen LogP contribution is -2.31. The fourth-order valence-electron chi connectivity index (χ4n) is 6.24. The summed E-state index contributed by atoms with van der Waals surface area (Å²) in [5.74, 6) is -6.34. The lowest BCUT2D eigenvalue weighted by atomic mass is 9.76. The van der Waals surface area contributed by atoms with Crippen molar-refractivity contribution < 1.29 is 58.6 Å². The van der Waals surface area contributed by atoms with Gasteiger partial charge in [0.15, 0.2) is 5.60 Å². The van der Waals surface area contributed by atoms with Crippen LogP contribution >= 0.6 is 0 Å². The van der Waals surface area contributed by atoms with Crippen LogP contribution < -0.4 is 9.47 Å². The van der Waals surface area contributed by atoms with Crippen LogP contribution in [-0.4, -0.2) is 50.3 Å². The van der Waals surface area contributed by atoms with E-state index in [1.807, 2.05) is 0 Å². The number of carboxylic acids is 4. The quantitative estimate of drug-likeness (QED) is 0.110. The van der Waals surface area contributed by atoms with Crippen molar-refractivity contribution in [2.24, 2.45) is 0 Å². The lowest BCUT2D eigenvalue weighted by Gasteiger charge is -2.33. The molecule has 5 aromatic rings. The number of carbonyl (C=O) groups excluding carboxylic acids is 1. The Balaban J connectivity index is 1.45. The number of ether oxygens (including phenoxy) is 3. The molecule has 6 rings (SSSR count). The van der Waals surface area contributed by atoms with Crippen LogP contribution in [0.1, 0.15) is 79.6 Å². The van der Waals surface area contributed by atoms with Gasteiger partial charge in [-0.3, -0.25) is 0 Å². The molecule has 12 heteroatoms. The average molecular weight is 675 g/mol. The van der Waals surface area contributed by atoms with Crippen LogP contribution in [0.3, 0.4) is 0 Å². The molecule has 50 heavy (non-hydrogen) atoms. The van der Waals surface area contributed by atoms with Gasteiger partial charge in [0, 0.05) is 16.7 Å². The maximum Gasteiger partial charge on any atom is 0.340 e. The van der Waals surface area contributed by atoms with Gasteiger partial charge in [0.25, 0.3) is 0 Å². The fraction of sp³-hybridized carbons (Fsp3) is 0.0789. The molecular weight excluding hydrogens is 648 g/mol. The predicted molar refractivity (Wildman–Crippen MR) is 175 cm³/mol. The standard InChI is InChI=1S/C38H26O12/c1-19-17-21(48-29-11-5-8-24(33(39)40)31(29)35(43)44)13-15-26(19)38(28-10-4-3-7-23(28)37(47)50-38)27-16-14-22(18-20(27)2)49-30-12-6-9-25(34(41)42)32(30)36(45)46/h3-18H,1-2H3,(H,39,40)(H,41,42)(H,43,44)(H,45,46). The number of cyclic esters (lactones) is 1. The van der Waals surface area contributed by atoms with Gasteiger partial charge in [0.05, 0.1) is 16.7 Å². The molecule has 4 N–H and O–H groups in total. The molecule has 0 fully saturated rings. The molecule has 1 heterocycles. The minimum absolute atomic E-state index is 0.178. The third kappa shape index (κ3) is 5.54. The van der Waals surface area contributed by atoms with Gasteiger partial charge in [-0.15, -0.1) is 0 Å². The second kappa shape index (κ2) is 12.6. The number of carboxylic acid groups (broad SMARTS) is 4. The van der Waals surface area contributed by atoms with Gasteiger partial charge in [0.2, 0.25) is 0 Å². The topological polar surface area (TPSA) is 194 Å². The molecule has 0 aliphatic carbocycles. The zero-order valence-electron chi connectivity index (χ0n) is 26.3. The van der Waals surface area contributed by atoms with Crippen molar-refractivity contribution in [2.75, 3.05) is 0 Å². The van der Waals surface area contributed by atoms with E-state index in [4.69, 9.17) is 14.2 Å². The summed E-state index contributed by atoms with van der Waals surface area (Å²) in [6, 6.07) is 24.3. The molecule has 0 atom stereocenters. The minimum Gasteiger partial charge on any atom is -0.478 e. The SMILES string of the molecule is Cc1cc(Oc2cccc(C(=O)O)c2C(=O)O)ccc1C1(c2ccc(Oc3cccc(C(=O)O)c3C(=O)O)cc2C)OC(=O)c2ccccc21. The molecule has 1 aliphatic heterocycles. The molecule has 0 unspecified atom stereocenters. The summed E-state index contributed by atoms with van der Waals surface area (Å²) in [4.78, 5) is 60.7. The van der Waals surface area contributed by atoms with Gasteiger partial charge in [-0.25, -0.2) is 24.0 Å². The molecule has 5 aromatic carbocycles. The van der Waals surface area contributed by atoms with Crippen molar-refractivity contribution in [2.45, 2.75) is 19.4 Å². The summed E-state index contributed by atoms with van der Waals surface area (Å²) in [6.45, 7) is 3.50. The zero-order chi connectivity index (χ0) is 35.9. The number of esters is 1. The molecule has 12 nitrogen and oxygen atoms in total. The maximum atomic E-state index is 13.4. The summed E-state index contributed by atoms with van der Waals surface area (Å²) in [6.07, 6.45) is 0. The molecule has 0 saturated heterocycles. The Kier molecular flexibility index (Phi) is 8.30. The Hall–Kier alpha value is -6.95. The molecular formula is C38H26O12. The zero-order valence-corrected chi connectivity index (χ0v) is 26.3. The van der Waals surface area contributed by atoms with E-state index in [9.17, 15) is 44.4 Å². The van der Waals surface area contributed by atoms with Gasteiger partial charge in [0.1, 0.15) is 34.1 Å². The third-order valence-corrected chi connectivity index (χ3v) is 8.32. The molecule has 0 amide bonds. The van der Waals surface area contributed by atoms with E-state index in [1.54, 1.807) is 74.5 Å². The van der Waals surface area contributed by atoms with Crippen LogP contribution in [0.4, 0.5) is 0 Å². The first kappa shape index (κ1) is 33.0. The molecule has 0 bridgehead atoms. The van der Waals surface area contributed by atoms with Crippen molar-refractivity contribution in [1.29, 1.82) is 0 Å². The average Bonchev–Trinajstić information content (AvgIpc) is 3.36. The summed E-state index contributed by atoms with van der Waals surface area (Å²) >= 11 is 0. The van der Waals surface area contributed by atoms with Gasteiger partial charge < -0.3 is 34.6 Å². The molecule has 0 spiro atoms. The van der Waals surface area contributed by atoms with Crippen LogP contribution in [0.2, 0.25) is 0 Å². The van der Waals surface area contributed by atoms with E-state index in [1.165, 1.54) is 36.4 Å². The smallest absolute Gasteiger partial charge is 0.340 e. The van der Waals surface area contributed by atoms with E-state index in [0.717, 1.165) is 0 Å². The predicted octanol–water partition coefficient (Wildman–Crippen LogP) is 7.14. The second-order valence-electron chi connectivity index (χ2n) is 11.4. The Bertz CT molecular complexity index is 2140. The highest BCUT2D eigenvalue weighted by Gasteiger charge is 2.50. The number of benzene rings is 5. The van der Waals surface area contributed by atoms with Gasteiger partial charge in [-0.2, -0.15) is 0 Å². The molecule has 0 aromatic heterocycles. The van der Waals surface area contributed by atoms with Crippen molar-refractivity contribution in [3.05, 3.63) is 153 Å². The monoisotopic (exact) mass is 674 g/mol. The Morgan fingerprint density at radius 1 is 0.560 bits per heavy atom. The van der Waals surface area contributed by atoms with E-state index >= 15 is 0 Å². The fourth-order valence-corrected chi connectivity index (χ4v) is 6.24. The first-order chi connectivity index (χ1) is 23.8. The van der Waals surface area contributed by atoms with E-state index in [2.05, 4.69) is 0 Å². The number of fused-ring (bicyclic) bond motifs is 1. The first-order valence-electron chi connectivity index (χ1n) is 14.9. The molecule has 0 saturated carbocycles. The highest BCUT2D eigenvalue weighted by atomic mass is 16.6. The summed E-state index contributed by atoms with van der Waals surface area (Å²) in [7, 11) is 0. The summed E-state index contributed by atoms with van der Waals surface area (Å²) in [5.41, 5.74) is -0.265. The van der Waals surface area contributed by atoms with Crippen molar-refractivity contribution >= 4 is 29.8 Å². The van der Waals surface area contributed by atoms with E-state index in [0.29, 0.717) is 33.4 Å². The van der Waals surface area contributed by atoms with Crippen LogP contribution in [-0.2, 0) is 10.3 Å². The number of hydrogen-bond acceptors (Lipinski definition) is 8. The highest BCUT2D eigenvalue weighted by molar-refractivity contribution is 6.04. The number of carbonyl (C=O) groups is 5. The Labute approximate surface area is 283 Å². The van der Waals surface area contributed by atoms with Crippen molar-refractivity contribution in [1.82, 2.24) is 0 Å². The van der Waals surface area contributed by atoms with Gasteiger partial charge in [-0.05, 0) is 79.6 Å². The highest BCUT2D eigenvalue weighted by Crippen LogP contribution is 2.50. The first-order valence-corrected chi connectivity index (χ1v) is 14.9. The molecule has 250 valence electrons. The number of aryl methyl sites for hydroxylation is 2. The van der Waals surface area contributed by atoms with Crippen molar-refractivity contribution in [3.8, 4) is 23.0 Å². The van der Waals surface area contributed by atoms with Gasteiger partial charge in [-0.1, -0.05) is 42.5 Å². The number of aromatic carboxylic acids is 4. The largest absolute Gasteiger partial charge is 0.478 e.